The van der Waals surface area contributed by atoms with Crippen LogP contribution in [0.1, 0.15) is 33.1 Å². The van der Waals surface area contributed by atoms with E-state index in [1.807, 2.05) is 0 Å². The second-order valence-electron chi connectivity index (χ2n) is 3.56. The van der Waals surface area contributed by atoms with Gasteiger partial charge in [0.1, 0.15) is 0 Å². The van der Waals surface area contributed by atoms with E-state index >= 15 is 0 Å². The highest BCUT2D eigenvalue weighted by molar-refractivity contribution is 4.77. The van der Waals surface area contributed by atoms with Crippen LogP contribution in [0.4, 0.5) is 0 Å². The van der Waals surface area contributed by atoms with E-state index in [4.69, 9.17) is 5.73 Å². The molecule has 0 heterocycles. The Morgan fingerprint density at radius 2 is 1.89 bits per heavy atom. The van der Waals surface area contributed by atoms with Gasteiger partial charge in [0.2, 0.25) is 0 Å². The minimum absolute atomic E-state index is 0.487. The summed E-state index contributed by atoms with van der Waals surface area (Å²) in [6.45, 7) is 4.59. The van der Waals surface area contributed by atoms with Gasteiger partial charge in [0.15, 0.2) is 0 Å². The molecule has 1 heteroatoms. The highest BCUT2D eigenvalue weighted by atomic mass is 14.7. The Balaban J connectivity index is 2.35. The first-order valence-corrected chi connectivity index (χ1v) is 3.95. The highest BCUT2D eigenvalue weighted by Crippen LogP contribution is 2.26. The van der Waals surface area contributed by atoms with Crippen LogP contribution >= 0.6 is 0 Å². The minimum atomic E-state index is 0.487. The van der Waals surface area contributed by atoms with Gasteiger partial charge in [-0.05, 0) is 31.1 Å². The molecule has 2 N–H and O–H groups in total. The predicted molar refractivity (Wildman–Crippen MR) is 40.2 cm³/mol. The van der Waals surface area contributed by atoms with Gasteiger partial charge >= 0.3 is 0 Å². The van der Waals surface area contributed by atoms with Crippen LogP contribution in [0, 0.1) is 11.8 Å². The monoisotopic (exact) mass is 127 g/mol. The number of hydrogen-bond donors (Lipinski definition) is 1. The Labute approximate surface area is 57.6 Å². The van der Waals surface area contributed by atoms with Crippen LogP contribution in [-0.4, -0.2) is 6.04 Å². The van der Waals surface area contributed by atoms with E-state index in [1.165, 1.54) is 19.3 Å². The predicted octanol–water partition coefficient (Wildman–Crippen LogP) is 1.77. The lowest BCUT2D eigenvalue weighted by Gasteiger charge is -2.29. The molecular formula is C8H17N. The van der Waals surface area contributed by atoms with Crippen molar-refractivity contribution in [2.45, 2.75) is 39.2 Å². The zero-order valence-corrected chi connectivity index (χ0v) is 6.43. The molecule has 1 saturated carbocycles. The smallest absolute Gasteiger partial charge is 0.00647 e. The van der Waals surface area contributed by atoms with Crippen LogP contribution in [0.15, 0.2) is 0 Å². The van der Waals surface area contributed by atoms with Crippen molar-refractivity contribution in [3.8, 4) is 0 Å². The molecule has 1 fully saturated rings. The molecule has 1 nitrogen and oxygen atoms in total. The van der Waals surface area contributed by atoms with Crippen LogP contribution in [-0.2, 0) is 0 Å². The first-order chi connectivity index (χ1) is 4.20. The molecule has 0 aromatic rings. The standard InChI is InChI=1S/C8H17N/c1-6-3-4-8(9)7(2)5-6/h6-8H,3-5,9H2,1-2H3/t6-,7-,8+/m0/s1. The fourth-order valence-corrected chi connectivity index (χ4v) is 1.69. The summed E-state index contributed by atoms with van der Waals surface area (Å²) >= 11 is 0. The topological polar surface area (TPSA) is 26.0 Å². The number of rotatable bonds is 0. The van der Waals surface area contributed by atoms with Crippen LogP contribution in [0.25, 0.3) is 0 Å². The second kappa shape index (κ2) is 2.70. The number of hydrogen-bond acceptors (Lipinski definition) is 1. The van der Waals surface area contributed by atoms with E-state index in [9.17, 15) is 0 Å². The molecule has 54 valence electrons. The lowest BCUT2D eigenvalue weighted by Crippen LogP contribution is -2.33. The summed E-state index contributed by atoms with van der Waals surface area (Å²) in [6, 6.07) is 0.487. The van der Waals surface area contributed by atoms with E-state index in [1.54, 1.807) is 0 Å². The van der Waals surface area contributed by atoms with Gasteiger partial charge in [-0.1, -0.05) is 13.8 Å². The van der Waals surface area contributed by atoms with Gasteiger partial charge in [0, 0.05) is 6.04 Å². The SMILES string of the molecule is C[C@H]1CC[C@@H](N)[C@@H](C)C1. The van der Waals surface area contributed by atoms with E-state index in [2.05, 4.69) is 13.8 Å². The maximum Gasteiger partial charge on any atom is 0.00647 e. The molecule has 9 heavy (non-hydrogen) atoms. The molecule has 0 amide bonds. The van der Waals surface area contributed by atoms with E-state index in [0.717, 1.165) is 11.8 Å². The molecule has 0 aromatic heterocycles. The van der Waals surface area contributed by atoms with Gasteiger partial charge in [-0.2, -0.15) is 0 Å². The zero-order valence-electron chi connectivity index (χ0n) is 6.43. The fraction of sp³-hybridized carbons (Fsp3) is 1.00. The van der Waals surface area contributed by atoms with Gasteiger partial charge in [-0.3, -0.25) is 0 Å². The Morgan fingerprint density at radius 3 is 2.33 bits per heavy atom. The third kappa shape index (κ3) is 1.68. The molecule has 0 unspecified atom stereocenters. The Morgan fingerprint density at radius 1 is 1.22 bits per heavy atom. The average molecular weight is 127 g/mol. The summed E-state index contributed by atoms with van der Waals surface area (Å²) in [5, 5.41) is 0. The van der Waals surface area contributed by atoms with Crippen molar-refractivity contribution < 1.29 is 0 Å². The maximum atomic E-state index is 5.84. The van der Waals surface area contributed by atoms with Crippen molar-refractivity contribution in [1.29, 1.82) is 0 Å². The Kier molecular flexibility index (Phi) is 2.12. The maximum absolute atomic E-state index is 5.84. The third-order valence-electron chi connectivity index (χ3n) is 2.50. The molecule has 3 atom stereocenters. The summed E-state index contributed by atoms with van der Waals surface area (Å²) in [4.78, 5) is 0. The van der Waals surface area contributed by atoms with Gasteiger partial charge in [-0.15, -0.1) is 0 Å². The second-order valence-corrected chi connectivity index (χ2v) is 3.56. The van der Waals surface area contributed by atoms with Crippen molar-refractivity contribution in [3.05, 3.63) is 0 Å². The van der Waals surface area contributed by atoms with Crippen molar-refractivity contribution >= 4 is 0 Å². The molecule has 1 aliphatic rings. The third-order valence-corrected chi connectivity index (χ3v) is 2.50. The number of nitrogens with two attached hydrogens (primary N) is 1. The summed E-state index contributed by atoms with van der Waals surface area (Å²) in [7, 11) is 0. The quantitative estimate of drug-likeness (QED) is 0.527. The summed E-state index contributed by atoms with van der Waals surface area (Å²) in [5.74, 6) is 1.67. The molecular weight excluding hydrogens is 110 g/mol. The molecule has 0 spiro atoms. The average Bonchev–Trinajstić information content (AvgIpc) is 1.80. The lowest BCUT2D eigenvalue weighted by molar-refractivity contribution is 0.263. The van der Waals surface area contributed by atoms with Crippen LogP contribution in [0.5, 0.6) is 0 Å². The normalized spacial score (nSPS) is 45.0. The minimum Gasteiger partial charge on any atom is -0.327 e. The molecule has 1 rings (SSSR count). The fourth-order valence-electron chi connectivity index (χ4n) is 1.69. The highest BCUT2D eigenvalue weighted by Gasteiger charge is 2.21. The molecule has 0 aromatic carbocycles. The molecule has 1 aliphatic carbocycles. The summed E-state index contributed by atoms with van der Waals surface area (Å²) in [5.41, 5.74) is 5.84. The molecule has 0 bridgehead atoms. The van der Waals surface area contributed by atoms with Crippen molar-refractivity contribution in [3.63, 3.8) is 0 Å². The largest absolute Gasteiger partial charge is 0.327 e. The summed E-state index contributed by atoms with van der Waals surface area (Å²) in [6.07, 6.45) is 3.91. The van der Waals surface area contributed by atoms with E-state index in [-0.39, 0.29) is 0 Å². The van der Waals surface area contributed by atoms with Gasteiger partial charge in [-0.25, -0.2) is 0 Å². The Hall–Kier alpha value is -0.0400. The van der Waals surface area contributed by atoms with Gasteiger partial charge < -0.3 is 5.73 Å². The molecule has 0 saturated heterocycles. The van der Waals surface area contributed by atoms with Crippen molar-refractivity contribution in [1.82, 2.24) is 0 Å². The van der Waals surface area contributed by atoms with Crippen molar-refractivity contribution in [2.24, 2.45) is 17.6 Å². The zero-order chi connectivity index (χ0) is 6.85. The van der Waals surface area contributed by atoms with Crippen LogP contribution in [0.3, 0.4) is 0 Å². The first kappa shape index (κ1) is 7.07. The van der Waals surface area contributed by atoms with Crippen molar-refractivity contribution in [2.75, 3.05) is 0 Å². The van der Waals surface area contributed by atoms with Gasteiger partial charge in [0.25, 0.3) is 0 Å². The van der Waals surface area contributed by atoms with Gasteiger partial charge in [0.05, 0.1) is 0 Å². The Bertz CT molecular complexity index is 90.6. The van der Waals surface area contributed by atoms with Crippen LogP contribution < -0.4 is 5.73 Å². The first-order valence-electron chi connectivity index (χ1n) is 3.95. The summed E-state index contributed by atoms with van der Waals surface area (Å²) < 4.78 is 0. The van der Waals surface area contributed by atoms with Crippen LogP contribution in [0.2, 0.25) is 0 Å². The lowest BCUT2D eigenvalue weighted by atomic mass is 9.80. The molecule has 0 radical (unpaired) electrons. The van der Waals surface area contributed by atoms with E-state index < -0.39 is 0 Å². The molecule has 0 aliphatic heterocycles. The van der Waals surface area contributed by atoms with E-state index in [0.29, 0.717) is 6.04 Å².